The summed E-state index contributed by atoms with van der Waals surface area (Å²) in [5, 5.41) is 3.39. The number of hydrogen-bond donors (Lipinski definition) is 2. The normalized spacial score (nSPS) is 18.2. The summed E-state index contributed by atoms with van der Waals surface area (Å²) in [7, 11) is 0. The average molecular weight is 504 g/mol. The van der Waals surface area contributed by atoms with E-state index in [4.69, 9.17) is 0 Å². The van der Waals surface area contributed by atoms with Crippen LogP contribution in [0.25, 0.3) is 11.2 Å². The number of aromatic nitrogens is 4. The molecule has 9 heteroatoms. The molecule has 0 spiro atoms. The topological polar surface area (TPSA) is 99.2 Å². The lowest BCUT2D eigenvalue weighted by Gasteiger charge is -2.39. The number of nitrogens with zero attached hydrogens (tertiary/aromatic N) is 5. The second-order valence-corrected chi connectivity index (χ2v) is 10.6. The highest BCUT2D eigenvalue weighted by Gasteiger charge is 2.32. The van der Waals surface area contributed by atoms with Gasteiger partial charge in [0.1, 0.15) is 5.52 Å². The van der Waals surface area contributed by atoms with Crippen LogP contribution in [0.2, 0.25) is 0 Å². The van der Waals surface area contributed by atoms with Crippen LogP contribution in [-0.2, 0) is 4.79 Å². The monoisotopic (exact) mass is 503 g/mol. The summed E-state index contributed by atoms with van der Waals surface area (Å²) in [5.74, 6) is 1.33. The van der Waals surface area contributed by atoms with Crippen LogP contribution in [0.5, 0.6) is 0 Å². The van der Waals surface area contributed by atoms with Crippen LogP contribution in [0.3, 0.4) is 0 Å². The maximum atomic E-state index is 12.3. The summed E-state index contributed by atoms with van der Waals surface area (Å²) in [6, 6.07) is 9.23. The van der Waals surface area contributed by atoms with Gasteiger partial charge >= 0.3 is 5.69 Å². The summed E-state index contributed by atoms with van der Waals surface area (Å²) >= 11 is 0. The second-order valence-electron chi connectivity index (χ2n) is 10.6. The number of carbonyl (C=O) groups excluding carboxylic acids is 1. The van der Waals surface area contributed by atoms with Crippen molar-refractivity contribution in [2.75, 3.05) is 31.5 Å². The summed E-state index contributed by atoms with van der Waals surface area (Å²) in [6.45, 7) is 12.9. The first-order valence-electron chi connectivity index (χ1n) is 13.3. The molecule has 9 nitrogen and oxygen atoms in total. The molecule has 37 heavy (non-hydrogen) atoms. The first-order valence-corrected chi connectivity index (χ1v) is 13.3. The summed E-state index contributed by atoms with van der Waals surface area (Å²) in [4.78, 5) is 40.5. The summed E-state index contributed by atoms with van der Waals surface area (Å²) in [6.07, 6.45) is 6.88. The highest BCUT2D eigenvalue weighted by Crippen LogP contribution is 2.40. The fraction of sp³-hybridized carbons (Fsp3) is 0.500. The van der Waals surface area contributed by atoms with Gasteiger partial charge in [-0.25, -0.2) is 9.78 Å². The van der Waals surface area contributed by atoms with Crippen LogP contribution in [0.15, 0.2) is 47.9 Å². The standard InChI is InChI=1S/C28H37N7O2/c1-5-25(36)34-14-12-33(13-15-34)24(16-20-6-7-20)22-10-8-21(9-11-22)19(4)30-27-29-17-23-26(32-27)35(18(2)3)28(37)31-23/h5,8-11,17-20,24H,1,6-7,12-16H2,2-4H3,(H,31,37)(H,29,30,32)/t19-,24+/m0/s1. The molecule has 3 aromatic rings. The van der Waals surface area contributed by atoms with E-state index in [-0.39, 0.29) is 23.7 Å². The van der Waals surface area contributed by atoms with Gasteiger partial charge in [0.25, 0.3) is 0 Å². The van der Waals surface area contributed by atoms with E-state index < -0.39 is 0 Å². The van der Waals surface area contributed by atoms with Crippen LogP contribution in [0, 0.1) is 5.92 Å². The Morgan fingerprint density at radius 3 is 2.43 bits per heavy atom. The van der Waals surface area contributed by atoms with Gasteiger partial charge < -0.3 is 15.2 Å². The quantitative estimate of drug-likeness (QED) is 0.428. The average Bonchev–Trinajstić information content (AvgIpc) is 3.66. The lowest BCUT2D eigenvalue weighted by atomic mass is 9.96. The molecule has 1 amide bonds. The molecule has 196 valence electrons. The lowest BCUT2D eigenvalue weighted by molar-refractivity contribution is -0.128. The number of carbonyl (C=O) groups is 1. The zero-order chi connectivity index (χ0) is 26.1. The fourth-order valence-electron chi connectivity index (χ4n) is 5.30. The highest BCUT2D eigenvalue weighted by molar-refractivity contribution is 5.87. The molecule has 3 heterocycles. The number of nitrogens with one attached hydrogen (secondary N) is 2. The van der Waals surface area contributed by atoms with E-state index in [0.29, 0.717) is 23.2 Å². The number of anilines is 1. The fourth-order valence-corrected chi connectivity index (χ4v) is 5.30. The highest BCUT2D eigenvalue weighted by atomic mass is 16.2. The maximum Gasteiger partial charge on any atom is 0.327 e. The molecule has 1 aliphatic carbocycles. The molecule has 2 N–H and O–H groups in total. The van der Waals surface area contributed by atoms with E-state index in [1.165, 1.54) is 30.9 Å². The second kappa shape index (κ2) is 10.5. The number of hydrogen-bond acceptors (Lipinski definition) is 6. The van der Waals surface area contributed by atoms with E-state index in [0.717, 1.165) is 37.7 Å². The van der Waals surface area contributed by atoms with Gasteiger partial charge in [0.15, 0.2) is 5.65 Å². The molecule has 0 unspecified atom stereocenters. The Bertz CT molecular complexity index is 1310. The Labute approximate surface area is 217 Å². The number of benzene rings is 1. The third-order valence-corrected chi connectivity index (χ3v) is 7.64. The van der Waals surface area contributed by atoms with Gasteiger partial charge in [-0.3, -0.25) is 14.3 Å². The van der Waals surface area contributed by atoms with E-state index >= 15 is 0 Å². The zero-order valence-electron chi connectivity index (χ0n) is 22.0. The third-order valence-electron chi connectivity index (χ3n) is 7.64. The van der Waals surface area contributed by atoms with E-state index in [1.807, 2.05) is 18.7 Å². The molecule has 1 aliphatic heterocycles. The van der Waals surface area contributed by atoms with E-state index in [1.54, 1.807) is 10.8 Å². The molecule has 1 saturated heterocycles. The van der Waals surface area contributed by atoms with Crippen molar-refractivity contribution in [3.05, 3.63) is 64.7 Å². The number of aromatic amines is 1. The van der Waals surface area contributed by atoms with Crippen molar-refractivity contribution in [3.8, 4) is 0 Å². The van der Waals surface area contributed by atoms with Crippen LogP contribution in [-0.4, -0.2) is 61.4 Å². The number of amides is 1. The van der Waals surface area contributed by atoms with Gasteiger partial charge in [-0.2, -0.15) is 4.98 Å². The molecule has 1 saturated carbocycles. The van der Waals surface area contributed by atoms with Gasteiger partial charge in [-0.05, 0) is 50.3 Å². The minimum absolute atomic E-state index is 0.00000597. The zero-order valence-corrected chi connectivity index (χ0v) is 22.0. The van der Waals surface area contributed by atoms with Crippen molar-refractivity contribution in [1.29, 1.82) is 0 Å². The minimum Gasteiger partial charge on any atom is -0.348 e. The van der Waals surface area contributed by atoms with Crippen molar-refractivity contribution >= 4 is 23.0 Å². The number of fused-ring (bicyclic) bond motifs is 1. The Morgan fingerprint density at radius 2 is 1.81 bits per heavy atom. The van der Waals surface area contributed by atoms with Gasteiger partial charge in [-0.15, -0.1) is 0 Å². The van der Waals surface area contributed by atoms with E-state index in [2.05, 4.69) is 62.9 Å². The SMILES string of the molecule is C=CC(=O)N1CCN([C@H](CC2CC2)c2ccc([C@H](C)Nc3ncc4[nH]c(=O)n(C(C)C)c4n3)cc2)CC1. The van der Waals surface area contributed by atoms with Gasteiger partial charge in [0.05, 0.1) is 12.2 Å². The molecule has 2 atom stereocenters. The van der Waals surface area contributed by atoms with Crippen molar-refractivity contribution in [2.24, 2.45) is 5.92 Å². The number of rotatable bonds is 9. The van der Waals surface area contributed by atoms with Gasteiger partial charge in [0, 0.05) is 38.3 Å². The first-order chi connectivity index (χ1) is 17.8. The summed E-state index contributed by atoms with van der Waals surface area (Å²) in [5.41, 5.74) is 3.55. The first kappa shape index (κ1) is 25.2. The van der Waals surface area contributed by atoms with Crippen molar-refractivity contribution in [3.63, 3.8) is 0 Å². The maximum absolute atomic E-state index is 12.3. The third kappa shape index (κ3) is 5.46. The molecule has 1 aromatic carbocycles. The summed E-state index contributed by atoms with van der Waals surface area (Å²) < 4.78 is 1.65. The predicted octanol–water partition coefficient (Wildman–Crippen LogP) is 4.05. The Hall–Kier alpha value is -3.46. The number of imidazole rings is 1. The predicted molar refractivity (Wildman–Crippen MR) is 145 cm³/mol. The van der Waals surface area contributed by atoms with E-state index in [9.17, 15) is 9.59 Å². The molecule has 2 aliphatic rings. The molecular weight excluding hydrogens is 466 g/mol. The minimum atomic E-state index is -0.172. The Balaban J connectivity index is 1.29. The van der Waals surface area contributed by atoms with Gasteiger partial charge in [-0.1, -0.05) is 43.7 Å². The molecule has 2 fully saturated rings. The van der Waals surface area contributed by atoms with Gasteiger partial charge in [0.2, 0.25) is 11.9 Å². The van der Waals surface area contributed by atoms with Crippen molar-refractivity contribution in [1.82, 2.24) is 29.3 Å². The Morgan fingerprint density at radius 1 is 1.14 bits per heavy atom. The molecule has 0 bridgehead atoms. The lowest BCUT2D eigenvalue weighted by Crippen LogP contribution is -2.49. The molecule has 2 aromatic heterocycles. The molecule has 5 rings (SSSR count). The van der Waals surface area contributed by atoms with Crippen molar-refractivity contribution < 1.29 is 4.79 Å². The van der Waals surface area contributed by atoms with Crippen LogP contribution < -0.4 is 11.0 Å². The number of piperazine rings is 1. The smallest absolute Gasteiger partial charge is 0.327 e. The molecule has 0 radical (unpaired) electrons. The van der Waals surface area contributed by atoms with Crippen LogP contribution in [0.4, 0.5) is 5.95 Å². The molecular formula is C28H37N7O2. The van der Waals surface area contributed by atoms with Crippen LogP contribution >= 0.6 is 0 Å². The van der Waals surface area contributed by atoms with Crippen LogP contribution in [0.1, 0.15) is 69.3 Å². The largest absolute Gasteiger partial charge is 0.348 e. The van der Waals surface area contributed by atoms with Crippen molar-refractivity contribution in [2.45, 2.75) is 58.2 Å². The Kier molecular flexibility index (Phi) is 7.15. The number of H-pyrrole nitrogens is 1.